The summed E-state index contributed by atoms with van der Waals surface area (Å²) in [5.41, 5.74) is 1.15. The van der Waals surface area contributed by atoms with Crippen molar-refractivity contribution >= 4 is 40.8 Å². The van der Waals surface area contributed by atoms with Crippen molar-refractivity contribution in [2.45, 2.75) is 35.0 Å². The molecule has 0 saturated carbocycles. The first-order chi connectivity index (χ1) is 11.1. The Hall–Kier alpha value is -1.05. The third-order valence-corrected chi connectivity index (χ3v) is 6.17. The number of hydrogen-bond acceptors (Lipinski definition) is 6. The molecule has 7 heteroatoms. The fraction of sp³-hybridized carbons (Fsp3) is 0.438. The number of thioether (sulfide) groups is 2. The summed E-state index contributed by atoms with van der Waals surface area (Å²) in [6, 6.07) is 10.2. The Labute approximate surface area is 149 Å². The summed E-state index contributed by atoms with van der Waals surface area (Å²) in [7, 11) is 0. The summed E-state index contributed by atoms with van der Waals surface area (Å²) >= 11 is 4.53. The molecule has 1 amide bonds. The molecular weight excluding hydrogens is 346 g/mol. The molecule has 2 rings (SSSR count). The molecule has 1 aromatic carbocycles. The Morgan fingerprint density at radius 1 is 1.22 bits per heavy atom. The van der Waals surface area contributed by atoms with E-state index < -0.39 is 0 Å². The van der Waals surface area contributed by atoms with Crippen LogP contribution in [0.1, 0.15) is 31.9 Å². The minimum Gasteiger partial charge on any atom is -0.349 e. The first kappa shape index (κ1) is 18.3. The minimum absolute atomic E-state index is 0.0328. The minimum atomic E-state index is 0.0328. The van der Waals surface area contributed by atoms with E-state index in [0.29, 0.717) is 11.7 Å². The molecule has 0 radical (unpaired) electrons. The van der Waals surface area contributed by atoms with Crippen LogP contribution < -0.4 is 5.32 Å². The molecule has 0 aliphatic heterocycles. The number of nitrogens with zero attached hydrogens (tertiary/aromatic N) is 2. The zero-order valence-electron chi connectivity index (χ0n) is 13.5. The summed E-state index contributed by atoms with van der Waals surface area (Å²) in [6.07, 6.45) is 2.90. The maximum absolute atomic E-state index is 12.3. The summed E-state index contributed by atoms with van der Waals surface area (Å²) in [5, 5.41) is 11.3. The van der Waals surface area contributed by atoms with Crippen molar-refractivity contribution in [3.05, 3.63) is 35.9 Å². The van der Waals surface area contributed by atoms with Crippen LogP contribution in [0.5, 0.6) is 0 Å². The van der Waals surface area contributed by atoms with Crippen LogP contribution >= 0.6 is 34.9 Å². The van der Waals surface area contributed by atoms with E-state index in [1.807, 2.05) is 24.5 Å². The van der Waals surface area contributed by atoms with E-state index in [0.717, 1.165) is 20.7 Å². The molecule has 0 aliphatic carbocycles. The van der Waals surface area contributed by atoms with E-state index >= 15 is 0 Å². The highest BCUT2D eigenvalue weighted by molar-refractivity contribution is 8.03. The lowest BCUT2D eigenvalue weighted by Gasteiger charge is -2.21. The molecule has 0 saturated heterocycles. The first-order valence-electron chi connectivity index (χ1n) is 7.43. The van der Waals surface area contributed by atoms with E-state index in [4.69, 9.17) is 0 Å². The number of benzene rings is 1. The van der Waals surface area contributed by atoms with Crippen molar-refractivity contribution in [1.82, 2.24) is 15.5 Å². The summed E-state index contributed by atoms with van der Waals surface area (Å²) in [4.78, 5) is 12.3. The molecule has 124 valence electrons. The number of nitrogens with one attached hydrogen (secondary N) is 1. The summed E-state index contributed by atoms with van der Waals surface area (Å²) in [5.74, 6) is 0.913. The quantitative estimate of drug-likeness (QED) is 0.707. The van der Waals surface area contributed by atoms with Crippen molar-refractivity contribution < 1.29 is 4.79 Å². The molecule has 1 unspecified atom stereocenters. The van der Waals surface area contributed by atoms with Crippen LogP contribution in [0, 0.1) is 5.92 Å². The summed E-state index contributed by atoms with van der Waals surface area (Å²) in [6.45, 7) is 4.34. The molecule has 4 nitrogen and oxygen atoms in total. The molecule has 1 heterocycles. The van der Waals surface area contributed by atoms with Gasteiger partial charge in [-0.25, -0.2) is 0 Å². The van der Waals surface area contributed by atoms with Gasteiger partial charge >= 0.3 is 0 Å². The molecule has 2 aromatic rings. The molecule has 0 fully saturated rings. The maximum atomic E-state index is 12.3. The normalized spacial score (nSPS) is 12.3. The van der Waals surface area contributed by atoms with Crippen LogP contribution in [-0.2, 0) is 4.79 Å². The van der Waals surface area contributed by atoms with Crippen molar-refractivity contribution in [3.8, 4) is 0 Å². The van der Waals surface area contributed by atoms with Crippen LogP contribution in [0.3, 0.4) is 0 Å². The maximum Gasteiger partial charge on any atom is 0.230 e. The van der Waals surface area contributed by atoms with E-state index in [1.165, 1.54) is 23.1 Å². The van der Waals surface area contributed by atoms with E-state index in [2.05, 4.69) is 41.5 Å². The van der Waals surface area contributed by atoms with Gasteiger partial charge in [-0.2, -0.15) is 0 Å². The van der Waals surface area contributed by atoms with Crippen molar-refractivity contribution in [3.63, 3.8) is 0 Å². The first-order valence-corrected chi connectivity index (χ1v) is 10.5. The number of carbonyl (C=O) groups is 1. The third kappa shape index (κ3) is 6.16. The Kier molecular flexibility index (Phi) is 7.39. The molecule has 1 aromatic heterocycles. The standard InChI is InChI=1S/C16H21N3OS3/c1-11(2)9-13(12-7-5-4-6-8-12)17-14(20)10-22-16-19-18-15(21-3)23-16/h4-8,11,13H,9-10H2,1-3H3,(H,17,20). The number of hydrogen-bond donors (Lipinski definition) is 1. The third-order valence-electron chi connectivity index (χ3n) is 3.13. The van der Waals surface area contributed by atoms with Gasteiger partial charge in [-0.1, -0.05) is 79.0 Å². The van der Waals surface area contributed by atoms with Gasteiger partial charge in [0.15, 0.2) is 8.68 Å². The second-order valence-corrected chi connectivity index (χ2v) is 8.74. The summed E-state index contributed by atoms with van der Waals surface area (Å²) < 4.78 is 1.76. The van der Waals surface area contributed by atoms with Gasteiger partial charge in [0.2, 0.25) is 5.91 Å². The highest BCUT2D eigenvalue weighted by Crippen LogP contribution is 2.27. The van der Waals surface area contributed by atoms with Crippen LogP contribution in [0.2, 0.25) is 0 Å². The zero-order chi connectivity index (χ0) is 16.7. The van der Waals surface area contributed by atoms with Crippen molar-refractivity contribution in [1.29, 1.82) is 0 Å². The molecule has 1 atom stereocenters. The lowest BCUT2D eigenvalue weighted by molar-refractivity contribution is -0.119. The van der Waals surface area contributed by atoms with Gasteiger partial charge in [0.1, 0.15) is 0 Å². The Balaban J connectivity index is 1.92. The predicted molar refractivity (Wildman–Crippen MR) is 99.2 cm³/mol. The Morgan fingerprint density at radius 3 is 2.52 bits per heavy atom. The van der Waals surface area contributed by atoms with Crippen LogP contribution in [0.15, 0.2) is 39.0 Å². The zero-order valence-corrected chi connectivity index (χ0v) is 15.9. The van der Waals surface area contributed by atoms with Crippen LogP contribution in [0.25, 0.3) is 0 Å². The van der Waals surface area contributed by atoms with E-state index in [9.17, 15) is 4.79 Å². The fourth-order valence-electron chi connectivity index (χ4n) is 2.14. The monoisotopic (exact) mass is 367 g/mol. The Morgan fingerprint density at radius 2 is 1.91 bits per heavy atom. The molecule has 0 bridgehead atoms. The van der Waals surface area contributed by atoms with Crippen molar-refractivity contribution in [2.24, 2.45) is 5.92 Å². The fourth-order valence-corrected chi connectivity index (χ4v) is 4.39. The average molecular weight is 368 g/mol. The number of rotatable bonds is 8. The highest BCUT2D eigenvalue weighted by Gasteiger charge is 2.16. The second kappa shape index (κ2) is 9.30. The van der Waals surface area contributed by atoms with Gasteiger partial charge in [0, 0.05) is 0 Å². The van der Waals surface area contributed by atoms with Crippen molar-refractivity contribution in [2.75, 3.05) is 12.0 Å². The number of aromatic nitrogens is 2. The number of carbonyl (C=O) groups excluding carboxylic acids is 1. The lowest BCUT2D eigenvalue weighted by atomic mass is 9.97. The van der Waals surface area contributed by atoms with Gasteiger partial charge in [0.05, 0.1) is 11.8 Å². The molecule has 23 heavy (non-hydrogen) atoms. The predicted octanol–water partition coefficient (Wildman–Crippen LogP) is 4.26. The largest absolute Gasteiger partial charge is 0.349 e. The number of amides is 1. The van der Waals surface area contributed by atoms with Gasteiger partial charge in [-0.05, 0) is 24.2 Å². The molecule has 0 spiro atoms. The molecular formula is C16H21N3OS3. The highest BCUT2D eigenvalue weighted by atomic mass is 32.2. The van der Waals surface area contributed by atoms with Gasteiger partial charge < -0.3 is 5.32 Å². The van der Waals surface area contributed by atoms with Crippen LogP contribution in [0.4, 0.5) is 0 Å². The average Bonchev–Trinajstić information content (AvgIpc) is 3.01. The topological polar surface area (TPSA) is 54.9 Å². The van der Waals surface area contributed by atoms with Gasteiger partial charge in [-0.3, -0.25) is 4.79 Å². The van der Waals surface area contributed by atoms with Gasteiger partial charge in [-0.15, -0.1) is 10.2 Å². The smallest absolute Gasteiger partial charge is 0.230 e. The molecule has 0 aliphatic rings. The Bertz CT molecular complexity index is 616. The SMILES string of the molecule is CSc1nnc(SCC(=O)NC(CC(C)C)c2ccccc2)s1. The van der Waals surface area contributed by atoms with E-state index in [1.54, 1.807) is 11.8 Å². The van der Waals surface area contributed by atoms with Gasteiger partial charge in [0.25, 0.3) is 0 Å². The van der Waals surface area contributed by atoms with Crippen LogP contribution in [-0.4, -0.2) is 28.1 Å². The lowest BCUT2D eigenvalue weighted by Crippen LogP contribution is -2.30. The second-order valence-electron chi connectivity index (χ2n) is 5.49. The van der Waals surface area contributed by atoms with E-state index in [-0.39, 0.29) is 11.9 Å². The molecule has 1 N–H and O–H groups in total.